The molecule has 0 radical (unpaired) electrons. The Morgan fingerprint density at radius 2 is 2.00 bits per heavy atom. The summed E-state index contributed by atoms with van der Waals surface area (Å²) in [5.74, 6) is 1.62. The van der Waals surface area contributed by atoms with E-state index in [-0.39, 0.29) is 18.3 Å². The van der Waals surface area contributed by atoms with Crippen molar-refractivity contribution in [3.05, 3.63) is 34.3 Å². The monoisotopic (exact) mass is 344 g/mol. The number of amides is 1. The fraction of sp³-hybridized carbons (Fsp3) is 0.500. The molecule has 3 nitrogen and oxygen atoms in total. The van der Waals surface area contributed by atoms with Crippen molar-refractivity contribution in [2.75, 3.05) is 26.2 Å². The quantitative estimate of drug-likeness (QED) is 0.890. The van der Waals surface area contributed by atoms with Gasteiger partial charge in [0, 0.05) is 30.7 Å². The second-order valence-corrected chi connectivity index (χ2v) is 6.20. The molecule has 1 aromatic carbocycles. The van der Waals surface area contributed by atoms with Gasteiger partial charge in [-0.15, -0.1) is 12.4 Å². The van der Waals surface area contributed by atoms with Crippen LogP contribution in [0.3, 0.4) is 0 Å². The van der Waals surface area contributed by atoms with Gasteiger partial charge in [-0.25, -0.2) is 0 Å². The molecule has 0 bridgehead atoms. The van der Waals surface area contributed by atoms with Crippen LogP contribution >= 0.6 is 28.3 Å². The van der Waals surface area contributed by atoms with Crippen LogP contribution < -0.4 is 5.32 Å². The highest BCUT2D eigenvalue weighted by Gasteiger charge is 2.37. The molecule has 3 rings (SSSR count). The highest BCUT2D eigenvalue weighted by atomic mass is 79.9. The number of likely N-dealkylation sites (tertiary alicyclic amines) is 1. The minimum Gasteiger partial charge on any atom is -0.342 e. The Morgan fingerprint density at radius 3 is 2.63 bits per heavy atom. The summed E-state index contributed by atoms with van der Waals surface area (Å²) < 4.78 is 1.04. The van der Waals surface area contributed by atoms with Crippen molar-refractivity contribution >= 4 is 34.2 Å². The van der Waals surface area contributed by atoms with Crippen LogP contribution in [-0.2, 0) is 11.2 Å². The van der Waals surface area contributed by atoms with Gasteiger partial charge in [0.25, 0.3) is 0 Å². The van der Waals surface area contributed by atoms with Gasteiger partial charge in [-0.3, -0.25) is 4.79 Å². The lowest BCUT2D eigenvalue weighted by atomic mass is 10.0. The molecule has 1 aromatic rings. The first-order chi connectivity index (χ1) is 8.72. The molecular weight excluding hydrogens is 328 g/mol. The average Bonchev–Trinajstić information content (AvgIpc) is 2.88. The van der Waals surface area contributed by atoms with Crippen molar-refractivity contribution in [1.82, 2.24) is 10.2 Å². The Morgan fingerprint density at radius 1 is 1.32 bits per heavy atom. The maximum Gasteiger partial charge on any atom is 0.227 e. The normalized spacial score (nSPS) is 25.0. The van der Waals surface area contributed by atoms with E-state index >= 15 is 0 Å². The van der Waals surface area contributed by atoms with Crippen LogP contribution in [0.15, 0.2) is 28.7 Å². The third-order valence-corrected chi connectivity index (χ3v) is 4.48. The summed E-state index contributed by atoms with van der Waals surface area (Å²) in [7, 11) is 0. The predicted molar refractivity (Wildman–Crippen MR) is 81.5 cm³/mol. The lowest BCUT2D eigenvalue weighted by Gasteiger charge is -2.17. The summed E-state index contributed by atoms with van der Waals surface area (Å²) in [6.45, 7) is 4.02. The Hall–Kier alpha value is -0.580. The summed E-state index contributed by atoms with van der Waals surface area (Å²) in [4.78, 5) is 14.3. The first-order valence-corrected chi connectivity index (χ1v) is 7.24. The summed E-state index contributed by atoms with van der Waals surface area (Å²) in [6, 6.07) is 8.01. The molecule has 1 N–H and O–H groups in total. The number of nitrogens with one attached hydrogen (secondary N) is 1. The van der Waals surface area contributed by atoms with E-state index in [0.717, 1.165) is 36.2 Å². The molecule has 0 saturated carbocycles. The number of rotatable bonds is 2. The van der Waals surface area contributed by atoms with Gasteiger partial charge in [-0.05, 0) is 29.5 Å². The van der Waals surface area contributed by atoms with Gasteiger partial charge in [0.2, 0.25) is 5.91 Å². The van der Waals surface area contributed by atoms with Gasteiger partial charge < -0.3 is 10.2 Å². The number of hydrogen-bond acceptors (Lipinski definition) is 2. The number of fused-ring (bicyclic) bond motifs is 1. The van der Waals surface area contributed by atoms with E-state index in [1.165, 1.54) is 0 Å². The van der Waals surface area contributed by atoms with Crippen LogP contribution in [0, 0.1) is 11.8 Å². The standard InChI is InChI=1S/C14H17BrN2O.ClH/c15-13-3-1-2-10(4-13)5-14(18)17-8-11-6-16-7-12(11)9-17;/h1-4,11-12,16H,5-9H2;1H/t11-,12+;. The van der Waals surface area contributed by atoms with Crippen LogP contribution in [0.25, 0.3) is 0 Å². The number of halogens is 2. The summed E-state index contributed by atoms with van der Waals surface area (Å²) in [6.07, 6.45) is 0.520. The van der Waals surface area contributed by atoms with E-state index < -0.39 is 0 Å². The Kier molecular flexibility index (Phi) is 4.87. The van der Waals surface area contributed by atoms with Crippen LogP contribution in [-0.4, -0.2) is 37.0 Å². The van der Waals surface area contributed by atoms with E-state index in [1.807, 2.05) is 29.2 Å². The molecule has 19 heavy (non-hydrogen) atoms. The Labute approximate surface area is 128 Å². The highest BCUT2D eigenvalue weighted by molar-refractivity contribution is 9.10. The fourth-order valence-corrected chi connectivity index (χ4v) is 3.44. The minimum absolute atomic E-state index is 0. The van der Waals surface area contributed by atoms with Crippen LogP contribution in [0.2, 0.25) is 0 Å². The zero-order chi connectivity index (χ0) is 12.5. The topological polar surface area (TPSA) is 32.3 Å². The second kappa shape index (κ2) is 6.25. The minimum atomic E-state index is 0. The first kappa shape index (κ1) is 14.8. The summed E-state index contributed by atoms with van der Waals surface area (Å²) >= 11 is 3.44. The lowest BCUT2D eigenvalue weighted by molar-refractivity contribution is -0.129. The van der Waals surface area contributed by atoms with Gasteiger partial charge in [-0.2, -0.15) is 0 Å². The van der Waals surface area contributed by atoms with Crippen LogP contribution in [0.5, 0.6) is 0 Å². The molecule has 2 aliphatic rings. The Balaban J connectivity index is 0.00000133. The molecule has 1 amide bonds. The predicted octanol–water partition coefficient (Wildman–Crippen LogP) is 2.09. The van der Waals surface area contributed by atoms with Gasteiger partial charge in [0.1, 0.15) is 0 Å². The highest BCUT2D eigenvalue weighted by Crippen LogP contribution is 2.26. The van der Waals surface area contributed by atoms with Crippen molar-refractivity contribution in [2.45, 2.75) is 6.42 Å². The number of carbonyl (C=O) groups is 1. The third-order valence-electron chi connectivity index (χ3n) is 3.99. The molecule has 0 unspecified atom stereocenters. The average molecular weight is 346 g/mol. The first-order valence-electron chi connectivity index (χ1n) is 6.45. The Bertz CT molecular complexity index is 457. The van der Waals surface area contributed by atoms with E-state index in [9.17, 15) is 4.79 Å². The lowest BCUT2D eigenvalue weighted by Crippen LogP contribution is -2.32. The molecule has 2 atom stereocenters. The number of benzene rings is 1. The van der Waals surface area contributed by atoms with Crippen molar-refractivity contribution in [3.63, 3.8) is 0 Å². The molecule has 2 saturated heterocycles. The zero-order valence-corrected chi connectivity index (χ0v) is 13.0. The van der Waals surface area contributed by atoms with Crippen molar-refractivity contribution in [2.24, 2.45) is 11.8 Å². The SMILES string of the molecule is Cl.O=C(Cc1cccc(Br)c1)N1C[C@H]2CNC[C@H]2C1. The molecule has 0 spiro atoms. The fourth-order valence-electron chi connectivity index (χ4n) is 2.99. The second-order valence-electron chi connectivity index (χ2n) is 5.28. The van der Waals surface area contributed by atoms with E-state index in [0.29, 0.717) is 18.3 Å². The number of hydrogen-bond donors (Lipinski definition) is 1. The largest absolute Gasteiger partial charge is 0.342 e. The molecular formula is C14H18BrClN2O. The van der Waals surface area contributed by atoms with Gasteiger partial charge in [0.05, 0.1) is 6.42 Å². The maximum absolute atomic E-state index is 12.2. The zero-order valence-electron chi connectivity index (χ0n) is 10.6. The van der Waals surface area contributed by atoms with Crippen LogP contribution in [0.4, 0.5) is 0 Å². The van der Waals surface area contributed by atoms with Gasteiger partial charge in [0.15, 0.2) is 0 Å². The molecule has 104 valence electrons. The molecule has 2 fully saturated rings. The number of carbonyl (C=O) groups excluding carboxylic acids is 1. The van der Waals surface area contributed by atoms with E-state index in [2.05, 4.69) is 21.2 Å². The van der Waals surface area contributed by atoms with E-state index in [4.69, 9.17) is 0 Å². The maximum atomic E-state index is 12.2. The van der Waals surface area contributed by atoms with Crippen molar-refractivity contribution in [3.8, 4) is 0 Å². The number of nitrogens with zero attached hydrogens (tertiary/aromatic N) is 1. The van der Waals surface area contributed by atoms with Crippen molar-refractivity contribution < 1.29 is 4.79 Å². The van der Waals surface area contributed by atoms with Crippen molar-refractivity contribution in [1.29, 1.82) is 0 Å². The third kappa shape index (κ3) is 3.30. The summed E-state index contributed by atoms with van der Waals surface area (Å²) in [5, 5.41) is 3.40. The summed E-state index contributed by atoms with van der Waals surface area (Å²) in [5.41, 5.74) is 1.09. The molecule has 2 aliphatic heterocycles. The smallest absolute Gasteiger partial charge is 0.227 e. The molecule has 0 aliphatic carbocycles. The van der Waals surface area contributed by atoms with Crippen LogP contribution in [0.1, 0.15) is 5.56 Å². The van der Waals surface area contributed by atoms with E-state index in [1.54, 1.807) is 0 Å². The van der Waals surface area contributed by atoms with Gasteiger partial charge in [-0.1, -0.05) is 28.1 Å². The molecule has 5 heteroatoms. The molecule has 2 heterocycles. The molecule has 0 aromatic heterocycles. The van der Waals surface area contributed by atoms with Gasteiger partial charge >= 0.3 is 0 Å².